The number of hydrogen-bond acceptors (Lipinski definition) is 6. The fraction of sp³-hybridized carbons (Fsp3) is 0.455. The lowest BCUT2D eigenvalue weighted by Gasteiger charge is -2.29. The molecule has 1 amide bonds. The van der Waals surface area contributed by atoms with Gasteiger partial charge in [0.25, 0.3) is 0 Å². The van der Waals surface area contributed by atoms with E-state index < -0.39 is 0 Å². The molecule has 3 aromatic rings. The molecule has 0 saturated heterocycles. The summed E-state index contributed by atoms with van der Waals surface area (Å²) in [4.78, 5) is 21.5. The predicted molar refractivity (Wildman–Crippen MR) is 122 cm³/mol. The highest BCUT2D eigenvalue weighted by molar-refractivity contribution is 7.98. The van der Waals surface area contributed by atoms with Crippen LogP contribution in [0.2, 0.25) is 0 Å². The second kappa shape index (κ2) is 9.47. The van der Waals surface area contributed by atoms with E-state index in [-0.39, 0.29) is 23.9 Å². The Labute approximate surface area is 181 Å². The van der Waals surface area contributed by atoms with Crippen molar-refractivity contribution in [1.29, 1.82) is 0 Å². The summed E-state index contributed by atoms with van der Waals surface area (Å²) in [5.41, 5.74) is 1.02. The molecule has 8 heteroatoms. The molecule has 158 valence electrons. The lowest BCUT2D eigenvalue weighted by atomic mass is 9.85. The number of carbonyl (C=O) groups excluding carboxylic acids is 1. The van der Waals surface area contributed by atoms with Gasteiger partial charge >= 0.3 is 0 Å². The zero-order valence-electron chi connectivity index (χ0n) is 17.4. The molecule has 0 aliphatic heterocycles. The van der Waals surface area contributed by atoms with Crippen LogP contribution in [-0.4, -0.2) is 49.7 Å². The predicted octanol–water partition coefficient (Wildman–Crippen LogP) is 3.65. The number of fused-ring (bicyclic) bond motifs is 1. The molecule has 2 N–H and O–H groups in total. The van der Waals surface area contributed by atoms with E-state index in [9.17, 15) is 4.79 Å². The van der Waals surface area contributed by atoms with Crippen molar-refractivity contribution < 1.29 is 4.79 Å². The van der Waals surface area contributed by atoms with E-state index >= 15 is 0 Å². The first kappa shape index (κ1) is 20.7. The maximum absolute atomic E-state index is 12.5. The van der Waals surface area contributed by atoms with Crippen LogP contribution in [-0.2, 0) is 4.79 Å². The topological polar surface area (TPSA) is 84.7 Å². The first-order valence-electron chi connectivity index (χ1n) is 10.5. The largest absolute Gasteiger partial charge is 0.353 e. The number of nitrogens with one attached hydrogen (secondary N) is 2. The number of benzene rings is 1. The summed E-state index contributed by atoms with van der Waals surface area (Å²) in [5.74, 6) is 2.59. The molecule has 0 radical (unpaired) electrons. The van der Waals surface area contributed by atoms with Gasteiger partial charge in [0.1, 0.15) is 0 Å². The van der Waals surface area contributed by atoms with E-state index in [1.165, 1.54) is 0 Å². The van der Waals surface area contributed by atoms with Crippen molar-refractivity contribution in [2.45, 2.75) is 44.7 Å². The van der Waals surface area contributed by atoms with Gasteiger partial charge in [-0.3, -0.25) is 4.79 Å². The van der Waals surface area contributed by atoms with E-state index in [1.54, 1.807) is 18.0 Å². The van der Waals surface area contributed by atoms with E-state index in [0.717, 1.165) is 48.2 Å². The second-order valence-electron chi connectivity index (χ2n) is 7.91. The first-order valence-corrected chi connectivity index (χ1v) is 11.9. The van der Waals surface area contributed by atoms with Crippen molar-refractivity contribution in [1.82, 2.24) is 25.1 Å². The lowest BCUT2D eigenvalue weighted by molar-refractivity contribution is -0.126. The van der Waals surface area contributed by atoms with Gasteiger partial charge in [0.2, 0.25) is 11.9 Å². The molecule has 1 aliphatic rings. The van der Waals surface area contributed by atoms with Crippen LogP contribution in [0.3, 0.4) is 0 Å². The number of rotatable bonds is 7. The van der Waals surface area contributed by atoms with Crippen LogP contribution in [0.4, 0.5) is 5.95 Å². The molecule has 0 spiro atoms. The Balaban J connectivity index is 1.36. The SMILES string of the molecule is CSCC(C)NC(=O)C1CCC(Nc2nccc(-n3ncc4ccccc43)n2)CC1. The van der Waals surface area contributed by atoms with Crippen molar-refractivity contribution in [3.8, 4) is 5.82 Å². The quantitative estimate of drug-likeness (QED) is 0.602. The molecule has 1 atom stereocenters. The summed E-state index contributed by atoms with van der Waals surface area (Å²) in [6.07, 6.45) is 9.31. The standard InChI is InChI=1S/C22H28N6OS/c1-15(14-30-2)25-21(29)16-7-9-18(10-8-16)26-22-23-12-11-20(27-22)28-19-6-4-3-5-17(19)13-24-28/h3-6,11-13,15-16,18H,7-10,14H2,1-2H3,(H,25,29)(H,23,26,27). The fourth-order valence-corrected chi connectivity index (χ4v) is 4.61. The summed E-state index contributed by atoms with van der Waals surface area (Å²) >= 11 is 1.76. The van der Waals surface area contributed by atoms with Crippen LogP contribution in [0, 0.1) is 5.92 Å². The monoisotopic (exact) mass is 424 g/mol. The molecule has 30 heavy (non-hydrogen) atoms. The van der Waals surface area contributed by atoms with Crippen LogP contribution >= 0.6 is 11.8 Å². The number of para-hydroxylation sites is 1. The summed E-state index contributed by atoms with van der Waals surface area (Å²) in [5, 5.41) is 12.1. The highest BCUT2D eigenvalue weighted by Crippen LogP contribution is 2.26. The Morgan fingerprint density at radius 1 is 1.23 bits per heavy atom. The minimum absolute atomic E-state index is 0.107. The number of thioether (sulfide) groups is 1. The molecule has 2 aromatic heterocycles. The Kier molecular flexibility index (Phi) is 6.52. The summed E-state index contributed by atoms with van der Waals surface area (Å²) in [6, 6.07) is 10.4. The fourth-order valence-electron chi connectivity index (χ4n) is 4.03. The van der Waals surface area contributed by atoms with Gasteiger partial charge in [-0.2, -0.15) is 21.8 Å². The Morgan fingerprint density at radius 3 is 2.83 bits per heavy atom. The van der Waals surface area contributed by atoms with Gasteiger partial charge in [-0.1, -0.05) is 18.2 Å². The highest BCUT2D eigenvalue weighted by Gasteiger charge is 2.27. The number of hydrogen-bond donors (Lipinski definition) is 2. The number of carbonyl (C=O) groups is 1. The summed E-state index contributed by atoms with van der Waals surface area (Å²) in [7, 11) is 0. The van der Waals surface area contributed by atoms with Gasteiger partial charge in [-0.25, -0.2) is 9.67 Å². The third-order valence-corrected chi connectivity index (χ3v) is 6.40. The van der Waals surface area contributed by atoms with Gasteiger partial charge < -0.3 is 10.6 Å². The maximum Gasteiger partial charge on any atom is 0.224 e. The second-order valence-corrected chi connectivity index (χ2v) is 8.82. The van der Waals surface area contributed by atoms with Crippen molar-refractivity contribution in [3.63, 3.8) is 0 Å². The van der Waals surface area contributed by atoms with Gasteiger partial charge in [-0.05, 0) is 44.9 Å². The molecule has 1 saturated carbocycles. The molecule has 4 rings (SSSR count). The molecule has 0 bridgehead atoms. The number of amides is 1. The van der Waals surface area contributed by atoms with Crippen molar-refractivity contribution in [2.24, 2.45) is 5.92 Å². The van der Waals surface area contributed by atoms with E-state index in [2.05, 4.69) is 38.9 Å². The average molecular weight is 425 g/mol. The molecular formula is C22H28N6OS. The van der Waals surface area contributed by atoms with Crippen molar-refractivity contribution >= 4 is 34.5 Å². The highest BCUT2D eigenvalue weighted by atomic mass is 32.2. The van der Waals surface area contributed by atoms with E-state index in [1.807, 2.05) is 41.2 Å². The van der Waals surface area contributed by atoms with Gasteiger partial charge in [0.15, 0.2) is 5.82 Å². The maximum atomic E-state index is 12.5. The molecule has 1 aliphatic carbocycles. The lowest BCUT2D eigenvalue weighted by Crippen LogP contribution is -2.41. The zero-order valence-corrected chi connectivity index (χ0v) is 18.2. The third kappa shape index (κ3) is 4.75. The van der Waals surface area contributed by atoms with Crippen molar-refractivity contribution in [3.05, 3.63) is 42.7 Å². The Morgan fingerprint density at radius 2 is 2.03 bits per heavy atom. The summed E-state index contributed by atoms with van der Waals surface area (Å²) in [6.45, 7) is 2.06. The Hall–Kier alpha value is -2.61. The van der Waals surface area contributed by atoms with Gasteiger partial charge in [0.05, 0.1) is 11.7 Å². The zero-order chi connectivity index (χ0) is 20.9. The Bertz CT molecular complexity index is 998. The minimum atomic E-state index is 0.107. The number of aromatic nitrogens is 4. The van der Waals surface area contributed by atoms with Crippen LogP contribution in [0.15, 0.2) is 42.7 Å². The van der Waals surface area contributed by atoms with Crippen LogP contribution in [0.25, 0.3) is 16.7 Å². The third-order valence-electron chi connectivity index (χ3n) is 5.57. The molecule has 2 heterocycles. The van der Waals surface area contributed by atoms with Crippen LogP contribution < -0.4 is 10.6 Å². The normalized spacial score (nSPS) is 20.1. The van der Waals surface area contributed by atoms with Crippen LogP contribution in [0.5, 0.6) is 0 Å². The molecule has 1 fully saturated rings. The minimum Gasteiger partial charge on any atom is -0.353 e. The van der Waals surface area contributed by atoms with Gasteiger partial charge in [0, 0.05) is 41.4 Å². The van der Waals surface area contributed by atoms with E-state index in [0.29, 0.717) is 5.95 Å². The molecule has 1 unspecified atom stereocenters. The van der Waals surface area contributed by atoms with Crippen LogP contribution in [0.1, 0.15) is 32.6 Å². The number of nitrogens with zero attached hydrogens (tertiary/aromatic N) is 4. The van der Waals surface area contributed by atoms with Crippen molar-refractivity contribution in [2.75, 3.05) is 17.3 Å². The van der Waals surface area contributed by atoms with E-state index in [4.69, 9.17) is 0 Å². The summed E-state index contributed by atoms with van der Waals surface area (Å²) < 4.78 is 1.83. The average Bonchev–Trinajstić information content (AvgIpc) is 3.19. The first-order chi connectivity index (χ1) is 14.6. The van der Waals surface area contributed by atoms with Gasteiger partial charge in [-0.15, -0.1) is 0 Å². The number of anilines is 1. The smallest absolute Gasteiger partial charge is 0.224 e. The molecule has 7 nitrogen and oxygen atoms in total. The molecule has 1 aromatic carbocycles. The molecular weight excluding hydrogens is 396 g/mol.